The molecule has 30 heavy (non-hydrogen) atoms. The number of benzene rings is 3. The molecule has 2 amide bonds. The average Bonchev–Trinajstić information content (AvgIpc) is 3.26. The average molecular weight is 419 g/mol. The number of aryl methyl sites for hydroxylation is 1. The Morgan fingerprint density at radius 2 is 1.47 bits per heavy atom. The van der Waals surface area contributed by atoms with Crippen LogP contribution in [-0.4, -0.2) is 17.9 Å². The number of rotatable bonds is 3. The number of carbonyl (C=O) groups excluding carboxylic acids is 2. The van der Waals surface area contributed by atoms with E-state index in [0.29, 0.717) is 10.7 Å². The highest BCUT2D eigenvalue weighted by molar-refractivity contribution is 6.31. The second-order valence-electron chi connectivity index (χ2n) is 7.53. The van der Waals surface area contributed by atoms with E-state index in [0.717, 1.165) is 16.8 Å². The lowest BCUT2D eigenvalue weighted by Crippen LogP contribution is -2.37. The van der Waals surface area contributed by atoms with Gasteiger partial charge >= 0.3 is 0 Å². The summed E-state index contributed by atoms with van der Waals surface area (Å²) in [4.78, 5) is 34.1. The van der Waals surface area contributed by atoms with Crippen LogP contribution in [0.2, 0.25) is 5.02 Å². The van der Waals surface area contributed by atoms with E-state index in [9.17, 15) is 9.59 Å². The van der Waals surface area contributed by atoms with Gasteiger partial charge in [-0.15, -0.1) is 0 Å². The normalized spacial score (nSPS) is 23.2. The first-order chi connectivity index (χ1) is 14.6. The maximum Gasteiger partial charge on any atom is 0.266 e. The first kappa shape index (κ1) is 18.9. The van der Waals surface area contributed by atoms with Crippen molar-refractivity contribution in [2.24, 2.45) is 5.92 Å². The number of carbonyl (C=O) groups is 2. The molecule has 0 bridgehead atoms. The molecule has 2 aliphatic heterocycles. The van der Waals surface area contributed by atoms with Crippen LogP contribution in [0.1, 0.15) is 17.2 Å². The Morgan fingerprint density at radius 3 is 2.17 bits per heavy atom. The van der Waals surface area contributed by atoms with Crippen LogP contribution in [0.3, 0.4) is 0 Å². The van der Waals surface area contributed by atoms with E-state index in [1.54, 1.807) is 23.3 Å². The standard InChI is InChI=1S/C24H19ClN2O3/c1-15-11-13-16(14-12-15)26-23(28)20-21(18-9-5-6-10-19(18)25)27(30-22(20)24(26)29)17-7-3-2-4-8-17/h2-14,20-22H,1H3/t20-,21-,22-/m0/s1. The van der Waals surface area contributed by atoms with Crippen molar-refractivity contribution >= 4 is 34.8 Å². The predicted molar refractivity (Wildman–Crippen MR) is 115 cm³/mol. The van der Waals surface area contributed by atoms with Gasteiger partial charge in [0.15, 0.2) is 6.10 Å². The molecule has 0 unspecified atom stereocenters. The highest BCUT2D eigenvalue weighted by Crippen LogP contribution is 2.48. The molecule has 2 saturated heterocycles. The Hall–Kier alpha value is -3.15. The maximum atomic E-state index is 13.5. The van der Waals surface area contributed by atoms with Gasteiger partial charge in [-0.2, -0.15) is 0 Å². The molecule has 0 spiro atoms. The smallest absolute Gasteiger partial charge is 0.266 e. The summed E-state index contributed by atoms with van der Waals surface area (Å²) in [6.45, 7) is 1.96. The molecular formula is C24H19ClN2O3. The number of hydrogen-bond donors (Lipinski definition) is 0. The van der Waals surface area contributed by atoms with Gasteiger partial charge in [0.2, 0.25) is 5.91 Å². The van der Waals surface area contributed by atoms with Crippen molar-refractivity contribution in [1.82, 2.24) is 0 Å². The summed E-state index contributed by atoms with van der Waals surface area (Å²) in [5, 5.41) is 2.18. The van der Waals surface area contributed by atoms with Crippen molar-refractivity contribution in [3.63, 3.8) is 0 Å². The fraction of sp³-hybridized carbons (Fsp3) is 0.167. The number of nitrogens with zero attached hydrogens (tertiary/aromatic N) is 2. The molecule has 5 nitrogen and oxygen atoms in total. The number of halogens is 1. The predicted octanol–water partition coefficient (Wildman–Crippen LogP) is 4.70. The van der Waals surface area contributed by atoms with Crippen LogP contribution in [0.4, 0.5) is 11.4 Å². The van der Waals surface area contributed by atoms with Crippen molar-refractivity contribution in [3.8, 4) is 0 Å². The van der Waals surface area contributed by atoms with Gasteiger partial charge < -0.3 is 0 Å². The first-order valence-corrected chi connectivity index (χ1v) is 10.1. The number of hydrogen-bond acceptors (Lipinski definition) is 4. The van der Waals surface area contributed by atoms with Gasteiger partial charge in [0, 0.05) is 5.02 Å². The minimum Gasteiger partial charge on any atom is -0.273 e. The molecule has 0 aromatic heterocycles. The van der Waals surface area contributed by atoms with Gasteiger partial charge in [-0.25, -0.2) is 9.96 Å². The van der Waals surface area contributed by atoms with Crippen LogP contribution < -0.4 is 9.96 Å². The second-order valence-corrected chi connectivity index (χ2v) is 7.93. The zero-order valence-corrected chi connectivity index (χ0v) is 17.0. The molecule has 3 aromatic rings. The van der Waals surface area contributed by atoms with Gasteiger partial charge in [-0.1, -0.05) is 65.7 Å². The lowest BCUT2D eigenvalue weighted by atomic mass is 9.90. The molecule has 0 aliphatic carbocycles. The molecular weight excluding hydrogens is 400 g/mol. The van der Waals surface area contributed by atoms with Crippen LogP contribution in [0.5, 0.6) is 0 Å². The molecule has 3 aromatic carbocycles. The Morgan fingerprint density at radius 1 is 0.800 bits per heavy atom. The fourth-order valence-corrected chi connectivity index (χ4v) is 4.44. The summed E-state index contributed by atoms with van der Waals surface area (Å²) in [5.74, 6) is -1.33. The van der Waals surface area contributed by atoms with E-state index < -0.39 is 18.1 Å². The number of fused-ring (bicyclic) bond motifs is 1. The zero-order valence-electron chi connectivity index (χ0n) is 16.2. The molecule has 0 radical (unpaired) electrons. The molecule has 0 saturated carbocycles. The van der Waals surface area contributed by atoms with Gasteiger partial charge in [0.25, 0.3) is 5.91 Å². The number of anilines is 2. The van der Waals surface area contributed by atoms with Gasteiger partial charge in [-0.05, 0) is 42.8 Å². The highest BCUT2D eigenvalue weighted by Gasteiger charge is 2.60. The Balaban J connectivity index is 1.60. The van der Waals surface area contributed by atoms with E-state index in [1.807, 2.05) is 67.6 Å². The number of hydroxylamine groups is 1. The molecule has 2 aliphatic rings. The number of para-hydroxylation sites is 1. The molecule has 6 heteroatoms. The summed E-state index contributed by atoms with van der Waals surface area (Å²) < 4.78 is 0. The van der Waals surface area contributed by atoms with E-state index in [4.69, 9.17) is 16.4 Å². The zero-order chi connectivity index (χ0) is 20.8. The Bertz CT molecular complexity index is 1120. The fourth-order valence-electron chi connectivity index (χ4n) is 4.19. The van der Waals surface area contributed by atoms with Crippen LogP contribution >= 0.6 is 11.6 Å². The molecule has 0 N–H and O–H groups in total. The molecule has 3 atom stereocenters. The van der Waals surface area contributed by atoms with Crippen molar-refractivity contribution in [3.05, 3.63) is 95.0 Å². The lowest BCUT2D eigenvalue weighted by Gasteiger charge is -2.29. The summed E-state index contributed by atoms with van der Waals surface area (Å²) >= 11 is 6.51. The van der Waals surface area contributed by atoms with Gasteiger partial charge in [0.1, 0.15) is 5.92 Å². The van der Waals surface area contributed by atoms with E-state index in [1.165, 1.54) is 4.90 Å². The van der Waals surface area contributed by atoms with Crippen molar-refractivity contribution in [2.45, 2.75) is 19.1 Å². The second kappa shape index (κ2) is 7.27. The van der Waals surface area contributed by atoms with E-state index in [2.05, 4.69) is 0 Å². The van der Waals surface area contributed by atoms with E-state index >= 15 is 0 Å². The van der Waals surface area contributed by atoms with Crippen LogP contribution in [0.25, 0.3) is 0 Å². The molecule has 150 valence electrons. The molecule has 5 rings (SSSR count). The maximum absolute atomic E-state index is 13.5. The highest BCUT2D eigenvalue weighted by atomic mass is 35.5. The quantitative estimate of drug-likeness (QED) is 0.578. The van der Waals surface area contributed by atoms with Crippen molar-refractivity contribution < 1.29 is 14.4 Å². The van der Waals surface area contributed by atoms with E-state index in [-0.39, 0.29) is 11.8 Å². The minimum absolute atomic E-state index is 0.280. The Labute approximate surface area is 179 Å². The largest absolute Gasteiger partial charge is 0.273 e. The summed E-state index contributed by atoms with van der Waals surface area (Å²) in [7, 11) is 0. The summed E-state index contributed by atoms with van der Waals surface area (Å²) in [5.41, 5.74) is 3.12. The first-order valence-electron chi connectivity index (χ1n) is 9.76. The van der Waals surface area contributed by atoms with Crippen LogP contribution in [-0.2, 0) is 14.4 Å². The third kappa shape index (κ3) is 2.90. The van der Waals surface area contributed by atoms with Gasteiger partial charge in [0.05, 0.1) is 17.4 Å². The van der Waals surface area contributed by atoms with Crippen molar-refractivity contribution in [2.75, 3.05) is 9.96 Å². The summed E-state index contributed by atoms with van der Waals surface area (Å²) in [6, 6.07) is 23.6. The molecule has 2 fully saturated rings. The SMILES string of the molecule is Cc1ccc(N2C(=O)[C@@H]3[C@H](ON(c4ccccc4)[C@H]3c3ccccc3Cl)C2=O)cc1. The minimum atomic E-state index is -0.903. The van der Waals surface area contributed by atoms with Crippen LogP contribution in [0.15, 0.2) is 78.9 Å². The molecule has 2 heterocycles. The third-order valence-electron chi connectivity index (χ3n) is 5.64. The third-order valence-corrected chi connectivity index (χ3v) is 5.99. The van der Waals surface area contributed by atoms with Crippen molar-refractivity contribution in [1.29, 1.82) is 0 Å². The lowest BCUT2D eigenvalue weighted by molar-refractivity contribution is -0.126. The van der Waals surface area contributed by atoms with Crippen LogP contribution in [0, 0.1) is 12.8 Å². The summed E-state index contributed by atoms with van der Waals surface area (Å²) in [6.07, 6.45) is -0.903. The number of imide groups is 1. The topological polar surface area (TPSA) is 49.9 Å². The number of amides is 2. The Kier molecular flexibility index (Phi) is 4.57. The van der Waals surface area contributed by atoms with Gasteiger partial charge in [-0.3, -0.25) is 14.4 Å². The monoisotopic (exact) mass is 418 g/mol.